The fourth-order valence-corrected chi connectivity index (χ4v) is 6.13. The third-order valence-electron chi connectivity index (χ3n) is 8.34. The average Bonchev–Trinajstić information content (AvgIpc) is 3.08. The molecule has 0 amide bonds. The minimum atomic E-state index is -4.37. The van der Waals surface area contributed by atoms with Crippen LogP contribution in [0.15, 0.2) is 24.3 Å². The van der Waals surface area contributed by atoms with Crippen LogP contribution in [0.2, 0.25) is 0 Å². The van der Waals surface area contributed by atoms with Gasteiger partial charge in [-0.3, -0.25) is 18.6 Å². The summed E-state index contributed by atoms with van der Waals surface area (Å²) in [6.45, 7) is 3.69. The zero-order chi connectivity index (χ0) is 36.1. The Morgan fingerprint density at radius 1 is 0.612 bits per heavy atom. The number of rotatable bonds is 37. The average molecular weight is 716 g/mol. The number of allylic oxidation sites excluding steroid dienone is 4. The largest absolute Gasteiger partial charge is 0.472 e. The Labute approximate surface area is 300 Å². The zero-order valence-electron chi connectivity index (χ0n) is 31.4. The second-order valence-electron chi connectivity index (χ2n) is 13.2. The molecule has 10 heteroatoms. The zero-order valence-corrected chi connectivity index (χ0v) is 32.3. The van der Waals surface area contributed by atoms with Gasteiger partial charge in [-0.2, -0.15) is 0 Å². The van der Waals surface area contributed by atoms with Gasteiger partial charge in [0.1, 0.15) is 6.61 Å². The van der Waals surface area contributed by atoms with E-state index in [2.05, 4.69) is 38.2 Å². The van der Waals surface area contributed by atoms with Crippen LogP contribution in [0.1, 0.15) is 181 Å². The first-order chi connectivity index (χ1) is 23.8. The van der Waals surface area contributed by atoms with E-state index in [1.54, 1.807) is 0 Å². The molecule has 0 radical (unpaired) electrons. The number of nitrogens with two attached hydrogens (primary N) is 1. The van der Waals surface area contributed by atoms with Gasteiger partial charge in [0.2, 0.25) is 0 Å². The van der Waals surface area contributed by atoms with E-state index in [9.17, 15) is 19.0 Å². The van der Waals surface area contributed by atoms with Crippen LogP contribution >= 0.6 is 7.82 Å². The Morgan fingerprint density at radius 2 is 1.06 bits per heavy atom. The van der Waals surface area contributed by atoms with E-state index < -0.39 is 26.5 Å². The van der Waals surface area contributed by atoms with Gasteiger partial charge in [-0.05, 0) is 44.9 Å². The highest BCUT2D eigenvalue weighted by atomic mass is 31.2. The molecule has 0 bridgehead atoms. The van der Waals surface area contributed by atoms with Crippen LogP contribution in [-0.4, -0.2) is 49.3 Å². The molecule has 0 fully saturated rings. The van der Waals surface area contributed by atoms with Crippen LogP contribution in [-0.2, 0) is 32.7 Å². The highest BCUT2D eigenvalue weighted by molar-refractivity contribution is 7.47. The van der Waals surface area contributed by atoms with Gasteiger partial charge < -0.3 is 20.1 Å². The lowest BCUT2D eigenvalue weighted by Gasteiger charge is -2.19. The quantitative estimate of drug-likeness (QED) is 0.0279. The van der Waals surface area contributed by atoms with Crippen molar-refractivity contribution >= 4 is 19.8 Å². The van der Waals surface area contributed by atoms with Crippen LogP contribution in [0.5, 0.6) is 0 Å². The summed E-state index contributed by atoms with van der Waals surface area (Å²) < 4.78 is 32.6. The first kappa shape index (κ1) is 47.5. The molecule has 0 aliphatic heterocycles. The molecule has 2 atom stereocenters. The fourth-order valence-electron chi connectivity index (χ4n) is 5.37. The molecule has 49 heavy (non-hydrogen) atoms. The van der Waals surface area contributed by atoms with Gasteiger partial charge in [0.05, 0.1) is 13.2 Å². The van der Waals surface area contributed by atoms with E-state index in [-0.39, 0.29) is 38.6 Å². The number of hydrogen-bond acceptors (Lipinski definition) is 8. The number of phosphoric acid groups is 1. The van der Waals surface area contributed by atoms with Gasteiger partial charge in [0.15, 0.2) is 6.10 Å². The molecular weight excluding hydrogens is 641 g/mol. The van der Waals surface area contributed by atoms with Gasteiger partial charge >= 0.3 is 19.8 Å². The molecule has 0 rings (SSSR count). The fraction of sp³-hybridized carbons (Fsp3) is 0.846. The molecule has 0 aliphatic rings. The number of hydrogen-bond donors (Lipinski definition) is 2. The predicted octanol–water partition coefficient (Wildman–Crippen LogP) is 10.8. The molecule has 0 heterocycles. The standard InChI is InChI=1S/C39H74NO8P/c1-3-5-7-9-11-13-15-16-17-18-19-20-21-22-24-26-28-30-32-39(42)48-37(36-47-49(43,44)46-34-33-40)35-45-38(41)31-29-27-25-23-14-12-10-8-6-4-2/h13,15,17-18,37H,3-12,14,16,19-36,40H2,1-2H3,(H,43,44)/b15-13-,18-17-. The second kappa shape index (κ2) is 36.3. The number of ether oxygens (including phenoxy) is 2. The maximum atomic E-state index is 12.5. The molecular formula is C39H74NO8P. The predicted molar refractivity (Wildman–Crippen MR) is 201 cm³/mol. The summed E-state index contributed by atoms with van der Waals surface area (Å²) in [6, 6.07) is 0. The van der Waals surface area contributed by atoms with Crippen molar-refractivity contribution in [1.82, 2.24) is 0 Å². The third-order valence-corrected chi connectivity index (χ3v) is 9.32. The number of unbranched alkanes of at least 4 members (excludes halogenated alkanes) is 20. The molecule has 0 aromatic rings. The van der Waals surface area contributed by atoms with Crippen LogP contribution in [0.25, 0.3) is 0 Å². The minimum Gasteiger partial charge on any atom is -0.462 e. The summed E-state index contributed by atoms with van der Waals surface area (Å²) in [4.78, 5) is 34.7. The van der Waals surface area contributed by atoms with Crippen LogP contribution in [0, 0.1) is 0 Å². The Hall–Kier alpha value is -1.51. The van der Waals surface area contributed by atoms with E-state index >= 15 is 0 Å². The van der Waals surface area contributed by atoms with Crippen molar-refractivity contribution in [3.05, 3.63) is 24.3 Å². The van der Waals surface area contributed by atoms with E-state index in [1.807, 2.05) is 0 Å². The Kier molecular flexibility index (Phi) is 35.2. The Balaban J connectivity index is 4.18. The third kappa shape index (κ3) is 36.1. The lowest BCUT2D eigenvalue weighted by atomic mass is 10.1. The molecule has 0 saturated carbocycles. The van der Waals surface area contributed by atoms with Crippen LogP contribution in [0.4, 0.5) is 0 Å². The van der Waals surface area contributed by atoms with Gasteiger partial charge in [-0.1, -0.05) is 147 Å². The lowest BCUT2D eigenvalue weighted by molar-refractivity contribution is -0.161. The van der Waals surface area contributed by atoms with Crippen molar-refractivity contribution in [3.8, 4) is 0 Å². The van der Waals surface area contributed by atoms with Crippen molar-refractivity contribution in [3.63, 3.8) is 0 Å². The van der Waals surface area contributed by atoms with Crippen molar-refractivity contribution in [2.45, 2.75) is 187 Å². The molecule has 0 spiro atoms. The monoisotopic (exact) mass is 716 g/mol. The summed E-state index contributed by atoms with van der Waals surface area (Å²) in [7, 11) is -4.37. The van der Waals surface area contributed by atoms with E-state index in [1.165, 1.54) is 96.3 Å². The number of phosphoric ester groups is 1. The smallest absolute Gasteiger partial charge is 0.462 e. The topological polar surface area (TPSA) is 134 Å². The second-order valence-corrected chi connectivity index (χ2v) is 14.6. The maximum Gasteiger partial charge on any atom is 0.472 e. The van der Waals surface area contributed by atoms with Gasteiger partial charge in [-0.25, -0.2) is 4.57 Å². The van der Waals surface area contributed by atoms with Crippen LogP contribution in [0.3, 0.4) is 0 Å². The Morgan fingerprint density at radius 3 is 1.57 bits per heavy atom. The Bertz CT molecular complexity index is 866. The molecule has 0 aromatic heterocycles. The highest BCUT2D eigenvalue weighted by Gasteiger charge is 2.25. The molecule has 0 saturated heterocycles. The normalized spacial score (nSPS) is 13.6. The molecule has 9 nitrogen and oxygen atoms in total. The summed E-state index contributed by atoms with van der Waals surface area (Å²) in [5, 5.41) is 0. The first-order valence-corrected chi connectivity index (χ1v) is 21.3. The van der Waals surface area contributed by atoms with Crippen LogP contribution < -0.4 is 5.73 Å². The molecule has 3 N–H and O–H groups in total. The first-order valence-electron chi connectivity index (χ1n) is 19.8. The van der Waals surface area contributed by atoms with Gasteiger partial charge in [-0.15, -0.1) is 0 Å². The van der Waals surface area contributed by atoms with Gasteiger partial charge in [0, 0.05) is 19.4 Å². The molecule has 0 aromatic carbocycles. The minimum absolute atomic E-state index is 0.0532. The molecule has 288 valence electrons. The van der Waals surface area contributed by atoms with Crippen molar-refractivity contribution in [2.24, 2.45) is 5.73 Å². The number of esters is 2. The SMILES string of the molecule is CCCCCC/C=C\C/C=C\CCCCCCCCCC(=O)OC(COC(=O)CCCCCCCCCCCC)COP(=O)(O)OCCN. The summed E-state index contributed by atoms with van der Waals surface area (Å²) in [5.41, 5.74) is 5.33. The highest BCUT2D eigenvalue weighted by Crippen LogP contribution is 2.43. The van der Waals surface area contributed by atoms with E-state index in [4.69, 9.17) is 24.3 Å². The lowest BCUT2D eigenvalue weighted by Crippen LogP contribution is -2.29. The summed E-state index contributed by atoms with van der Waals surface area (Å²) in [5.74, 6) is -0.836. The molecule has 2 unspecified atom stereocenters. The van der Waals surface area contributed by atoms with Crippen molar-refractivity contribution in [1.29, 1.82) is 0 Å². The number of carbonyl (C=O) groups is 2. The van der Waals surface area contributed by atoms with E-state index in [0.717, 1.165) is 51.4 Å². The van der Waals surface area contributed by atoms with Crippen molar-refractivity contribution < 1.29 is 37.6 Å². The van der Waals surface area contributed by atoms with E-state index in [0.29, 0.717) is 6.42 Å². The van der Waals surface area contributed by atoms with Gasteiger partial charge in [0.25, 0.3) is 0 Å². The summed E-state index contributed by atoms with van der Waals surface area (Å²) in [6.07, 6.45) is 36.3. The summed E-state index contributed by atoms with van der Waals surface area (Å²) >= 11 is 0. The molecule has 0 aliphatic carbocycles. The van der Waals surface area contributed by atoms with Crippen molar-refractivity contribution in [2.75, 3.05) is 26.4 Å². The maximum absolute atomic E-state index is 12.5. The number of carbonyl (C=O) groups excluding carboxylic acids is 2.